The van der Waals surface area contributed by atoms with Crippen LogP contribution in [0, 0.1) is 0 Å². The molecule has 1 aromatic heterocycles. The van der Waals surface area contributed by atoms with E-state index < -0.39 is 0 Å². The van der Waals surface area contributed by atoms with Gasteiger partial charge in [0.1, 0.15) is 12.7 Å². The number of aromatic nitrogens is 3. The Balaban J connectivity index is 1.71. The van der Waals surface area contributed by atoms with E-state index in [4.69, 9.17) is 0 Å². The van der Waals surface area contributed by atoms with E-state index in [1.807, 2.05) is 24.3 Å². The van der Waals surface area contributed by atoms with Crippen molar-refractivity contribution in [2.45, 2.75) is 19.3 Å². The van der Waals surface area contributed by atoms with Gasteiger partial charge in [-0.2, -0.15) is 5.01 Å². The first kappa shape index (κ1) is 15.1. The number of carbonyl (C=O) groups excluding carboxylic acids is 2. The second-order valence-corrected chi connectivity index (χ2v) is 6.67. The van der Waals surface area contributed by atoms with Crippen LogP contribution in [0.25, 0.3) is 10.8 Å². The molecule has 26 heavy (non-hydrogen) atoms. The predicted molar refractivity (Wildman–Crippen MR) is 96.9 cm³/mol. The van der Waals surface area contributed by atoms with E-state index in [1.54, 1.807) is 6.07 Å². The van der Waals surface area contributed by atoms with Crippen molar-refractivity contribution >= 4 is 28.3 Å². The Morgan fingerprint density at radius 3 is 2.23 bits per heavy atom. The number of anilines is 1. The van der Waals surface area contributed by atoms with Crippen molar-refractivity contribution in [2.24, 2.45) is 0 Å². The maximum absolute atomic E-state index is 13.0. The molecule has 1 saturated heterocycles. The topological polar surface area (TPSA) is 71.3 Å². The third-order valence-corrected chi connectivity index (χ3v) is 5.20. The van der Waals surface area contributed by atoms with Gasteiger partial charge in [0, 0.05) is 29.5 Å². The van der Waals surface area contributed by atoms with Crippen molar-refractivity contribution < 1.29 is 9.59 Å². The van der Waals surface area contributed by atoms with Gasteiger partial charge in [0.2, 0.25) is 0 Å². The number of hydrogen-bond donors (Lipinski definition) is 0. The Morgan fingerprint density at radius 2 is 1.50 bits per heavy atom. The molecule has 0 spiro atoms. The molecule has 0 unspecified atom stereocenters. The van der Waals surface area contributed by atoms with Crippen LogP contribution in [-0.4, -0.2) is 39.8 Å². The summed E-state index contributed by atoms with van der Waals surface area (Å²) < 4.78 is 1.32. The van der Waals surface area contributed by atoms with E-state index in [-0.39, 0.29) is 11.8 Å². The summed E-state index contributed by atoms with van der Waals surface area (Å²) in [5.74, 6) is -0.715. The van der Waals surface area contributed by atoms with E-state index in [1.165, 1.54) is 36.6 Å². The second kappa shape index (κ2) is 5.66. The normalized spacial score (nSPS) is 17.2. The highest BCUT2D eigenvalue weighted by Gasteiger charge is 2.35. The van der Waals surface area contributed by atoms with Gasteiger partial charge in [-0.3, -0.25) is 9.59 Å². The predicted octanol–water partition coefficient (Wildman–Crippen LogP) is 2.35. The minimum absolute atomic E-state index is 0.358. The summed E-state index contributed by atoms with van der Waals surface area (Å²) in [6.07, 6.45) is 6.29. The first-order chi connectivity index (χ1) is 12.8. The number of piperidine rings is 1. The molecule has 2 aliphatic rings. The van der Waals surface area contributed by atoms with Crippen molar-refractivity contribution in [3.8, 4) is 0 Å². The summed E-state index contributed by atoms with van der Waals surface area (Å²) in [4.78, 5) is 28.4. The minimum atomic E-state index is -0.358. The van der Waals surface area contributed by atoms with Crippen LogP contribution in [0.2, 0.25) is 0 Å². The molecule has 2 aliphatic heterocycles. The summed E-state index contributed by atoms with van der Waals surface area (Å²) in [5, 5.41) is 10.2. The van der Waals surface area contributed by atoms with Gasteiger partial charge in [-0.05, 0) is 37.5 Å². The number of benzene rings is 2. The van der Waals surface area contributed by atoms with Gasteiger partial charge in [0.25, 0.3) is 11.8 Å². The number of carbonyl (C=O) groups is 2. The zero-order chi connectivity index (χ0) is 17.7. The smallest absolute Gasteiger partial charge is 0.280 e. The molecule has 130 valence electrons. The van der Waals surface area contributed by atoms with Crippen molar-refractivity contribution in [1.82, 2.24) is 14.9 Å². The van der Waals surface area contributed by atoms with E-state index in [0.29, 0.717) is 11.1 Å². The molecule has 5 rings (SSSR count). The SMILES string of the molecule is O=C1c2cccc3c(N4CCCCC4)ccc(c23)C(=O)N1n1cnnc1. The quantitative estimate of drug-likeness (QED) is 0.666. The van der Waals surface area contributed by atoms with Crippen LogP contribution in [0.5, 0.6) is 0 Å². The van der Waals surface area contributed by atoms with Crippen molar-refractivity contribution in [3.05, 3.63) is 54.1 Å². The van der Waals surface area contributed by atoms with E-state index in [9.17, 15) is 9.59 Å². The molecule has 3 aromatic rings. The summed E-state index contributed by atoms with van der Waals surface area (Å²) in [6.45, 7) is 2.01. The maximum Gasteiger partial charge on any atom is 0.280 e. The van der Waals surface area contributed by atoms with E-state index in [2.05, 4.69) is 15.1 Å². The van der Waals surface area contributed by atoms with Crippen molar-refractivity contribution in [3.63, 3.8) is 0 Å². The molecular formula is C19H17N5O2. The average molecular weight is 347 g/mol. The van der Waals surface area contributed by atoms with Gasteiger partial charge in [-0.15, -0.1) is 10.2 Å². The Kier molecular flexibility index (Phi) is 3.28. The fourth-order valence-corrected chi connectivity index (χ4v) is 3.99. The second-order valence-electron chi connectivity index (χ2n) is 6.67. The fraction of sp³-hybridized carbons (Fsp3) is 0.263. The van der Waals surface area contributed by atoms with Gasteiger partial charge in [-0.1, -0.05) is 12.1 Å². The molecule has 0 saturated carbocycles. The van der Waals surface area contributed by atoms with E-state index >= 15 is 0 Å². The van der Waals surface area contributed by atoms with Crippen LogP contribution in [0.15, 0.2) is 43.0 Å². The zero-order valence-corrected chi connectivity index (χ0v) is 14.1. The number of imide groups is 1. The van der Waals surface area contributed by atoms with Crippen LogP contribution in [-0.2, 0) is 0 Å². The Labute approximate surface area is 149 Å². The molecule has 2 aromatic carbocycles. The van der Waals surface area contributed by atoms with Gasteiger partial charge < -0.3 is 4.90 Å². The van der Waals surface area contributed by atoms with Gasteiger partial charge >= 0.3 is 0 Å². The lowest BCUT2D eigenvalue weighted by atomic mass is 9.93. The highest BCUT2D eigenvalue weighted by atomic mass is 16.2. The average Bonchev–Trinajstić information content (AvgIpc) is 3.21. The highest BCUT2D eigenvalue weighted by Crippen LogP contribution is 2.36. The summed E-state index contributed by atoms with van der Waals surface area (Å²) >= 11 is 0. The van der Waals surface area contributed by atoms with Gasteiger partial charge in [-0.25, -0.2) is 4.68 Å². The Hall–Kier alpha value is -3.22. The van der Waals surface area contributed by atoms with E-state index in [0.717, 1.165) is 34.6 Å². The lowest BCUT2D eigenvalue weighted by Gasteiger charge is -2.32. The first-order valence-corrected chi connectivity index (χ1v) is 8.80. The Bertz CT molecular complexity index is 1000. The molecular weight excluding hydrogens is 330 g/mol. The third kappa shape index (κ3) is 2.06. The molecule has 7 nitrogen and oxygen atoms in total. The molecule has 1 fully saturated rings. The van der Waals surface area contributed by atoms with Crippen LogP contribution >= 0.6 is 0 Å². The van der Waals surface area contributed by atoms with Gasteiger partial charge in [0.15, 0.2) is 0 Å². The fourth-order valence-electron chi connectivity index (χ4n) is 3.99. The summed E-state index contributed by atoms with van der Waals surface area (Å²) in [5.41, 5.74) is 2.16. The number of amides is 2. The minimum Gasteiger partial charge on any atom is -0.371 e. The highest BCUT2D eigenvalue weighted by molar-refractivity contribution is 6.33. The third-order valence-electron chi connectivity index (χ3n) is 5.20. The monoisotopic (exact) mass is 347 g/mol. The molecule has 0 N–H and O–H groups in total. The molecule has 0 bridgehead atoms. The van der Waals surface area contributed by atoms with Crippen LogP contribution in [0.4, 0.5) is 5.69 Å². The molecule has 0 atom stereocenters. The number of rotatable bonds is 2. The zero-order valence-electron chi connectivity index (χ0n) is 14.1. The molecule has 2 amide bonds. The maximum atomic E-state index is 13.0. The largest absolute Gasteiger partial charge is 0.371 e. The molecule has 0 aliphatic carbocycles. The van der Waals surface area contributed by atoms with Gasteiger partial charge in [0.05, 0.1) is 11.1 Å². The van der Waals surface area contributed by atoms with Crippen LogP contribution in [0.3, 0.4) is 0 Å². The first-order valence-electron chi connectivity index (χ1n) is 8.80. The Morgan fingerprint density at radius 1 is 0.808 bits per heavy atom. The number of nitrogens with zero attached hydrogens (tertiary/aromatic N) is 5. The number of hydrogen-bond acceptors (Lipinski definition) is 5. The van der Waals surface area contributed by atoms with Crippen LogP contribution < -0.4 is 9.91 Å². The van der Waals surface area contributed by atoms with Crippen molar-refractivity contribution in [2.75, 3.05) is 23.0 Å². The van der Waals surface area contributed by atoms with Crippen molar-refractivity contribution in [1.29, 1.82) is 0 Å². The lowest BCUT2D eigenvalue weighted by Crippen LogP contribution is -2.47. The van der Waals surface area contributed by atoms with Crippen LogP contribution in [0.1, 0.15) is 40.0 Å². The standard InChI is InChI=1S/C19H17N5O2/c25-18-14-6-4-5-13-16(22-9-2-1-3-10-22)8-7-15(17(13)14)19(26)24(18)23-11-20-21-12-23/h4-8,11-12H,1-3,9-10H2. The molecule has 3 heterocycles. The lowest BCUT2D eigenvalue weighted by molar-refractivity contribution is 0.0852. The summed E-state index contributed by atoms with van der Waals surface area (Å²) in [7, 11) is 0. The molecule has 0 radical (unpaired) electrons. The molecule has 7 heteroatoms. The summed E-state index contributed by atoms with van der Waals surface area (Å²) in [6, 6.07) is 9.50.